The normalized spacial score (nSPS) is 10.9. The van der Waals surface area contributed by atoms with E-state index in [1.165, 1.54) is 0 Å². The fourth-order valence-corrected chi connectivity index (χ4v) is 2.67. The van der Waals surface area contributed by atoms with E-state index in [0.717, 1.165) is 5.76 Å². The summed E-state index contributed by atoms with van der Waals surface area (Å²) in [5, 5.41) is 0.569. The number of para-hydroxylation sites is 1. The largest absolute Gasteiger partial charge is 0.467 e. The smallest absolute Gasteiger partial charge is 0.261 e. The molecule has 0 aliphatic carbocycles. The Hall–Kier alpha value is -2.89. The van der Waals surface area contributed by atoms with E-state index >= 15 is 0 Å². The third kappa shape index (κ3) is 3.22. The summed E-state index contributed by atoms with van der Waals surface area (Å²) in [4.78, 5) is 30.9. The van der Waals surface area contributed by atoms with Crippen LogP contribution in [0.5, 0.6) is 0 Å². The average Bonchev–Trinajstić information content (AvgIpc) is 3.07. The van der Waals surface area contributed by atoms with Crippen molar-refractivity contribution >= 4 is 16.8 Å². The fourth-order valence-electron chi connectivity index (χ4n) is 2.67. The highest BCUT2D eigenvalue weighted by atomic mass is 16.3. The summed E-state index contributed by atoms with van der Waals surface area (Å²) in [7, 11) is 1.72. The molecule has 0 fully saturated rings. The van der Waals surface area contributed by atoms with Crippen molar-refractivity contribution in [1.82, 2.24) is 14.5 Å². The van der Waals surface area contributed by atoms with Crippen LogP contribution in [0.3, 0.4) is 0 Å². The lowest BCUT2D eigenvalue weighted by molar-refractivity contribution is -0.130. The number of carbonyl (C=O) groups excluding carboxylic acids is 1. The van der Waals surface area contributed by atoms with Crippen LogP contribution >= 0.6 is 0 Å². The summed E-state index contributed by atoms with van der Waals surface area (Å²) in [6, 6.07) is 10.9. The molecule has 2 aromatic heterocycles. The van der Waals surface area contributed by atoms with Crippen molar-refractivity contribution in [2.45, 2.75) is 26.4 Å². The lowest BCUT2D eigenvalue weighted by Gasteiger charge is -2.17. The van der Waals surface area contributed by atoms with Gasteiger partial charge in [-0.15, -0.1) is 0 Å². The molecule has 3 rings (SSSR count). The Labute approximate surface area is 139 Å². The molecule has 24 heavy (non-hydrogen) atoms. The van der Waals surface area contributed by atoms with Gasteiger partial charge in [0.05, 0.1) is 23.7 Å². The molecule has 0 radical (unpaired) electrons. The SMILES string of the molecule is Cc1nc2ccccc2c(=O)n1CCC(=O)N(C)Cc1ccco1. The van der Waals surface area contributed by atoms with Crippen molar-refractivity contribution in [3.63, 3.8) is 0 Å². The summed E-state index contributed by atoms with van der Waals surface area (Å²) in [5.41, 5.74) is 0.567. The second-order valence-electron chi connectivity index (χ2n) is 5.71. The summed E-state index contributed by atoms with van der Waals surface area (Å²) >= 11 is 0. The van der Waals surface area contributed by atoms with Gasteiger partial charge in [0, 0.05) is 20.0 Å². The van der Waals surface area contributed by atoms with Crippen molar-refractivity contribution in [2.24, 2.45) is 0 Å². The Morgan fingerprint density at radius 3 is 2.79 bits per heavy atom. The van der Waals surface area contributed by atoms with Gasteiger partial charge >= 0.3 is 0 Å². The lowest BCUT2D eigenvalue weighted by Crippen LogP contribution is -2.30. The van der Waals surface area contributed by atoms with Crippen LogP contribution in [0.15, 0.2) is 51.9 Å². The Kier molecular flexibility index (Phi) is 4.46. The van der Waals surface area contributed by atoms with E-state index in [2.05, 4.69) is 4.98 Å². The van der Waals surface area contributed by atoms with E-state index in [4.69, 9.17) is 4.42 Å². The average molecular weight is 325 g/mol. The van der Waals surface area contributed by atoms with Crippen molar-refractivity contribution in [1.29, 1.82) is 0 Å². The first kappa shape index (κ1) is 16.0. The molecule has 0 spiro atoms. The second kappa shape index (κ2) is 6.70. The Morgan fingerprint density at radius 2 is 2.04 bits per heavy atom. The number of aryl methyl sites for hydroxylation is 1. The number of benzene rings is 1. The van der Waals surface area contributed by atoms with E-state index < -0.39 is 0 Å². The molecule has 124 valence electrons. The van der Waals surface area contributed by atoms with Crippen LogP contribution in [-0.2, 0) is 17.9 Å². The van der Waals surface area contributed by atoms with Gasteiger partial charge in [-0.1, -0.05) is 12.1 Å². The van der Waals surface area contributed by atoms with Crippen LogP contribution in [0, 0.1) is 6.92 Å². The molecular formula is C18H19N3O3. The number of hydrogen-bond donors (Lipinski definition) is 0. The molecule has 1 aromatic carbocycles. The molecule has 0 saturated carbocycles. The number of furan rings is 1. The van der Waals surface area contributed by atoms with Crippen LogP contribution in [0.4, 0.5) is 0 Å². The summed E-state index contributed by atoms with van der Waals surface area (Å²) in [5.74, 6) is 1.29. The maximum absolute atomic E-state index is 12.6. The first-order valence-corrected chi connectivity index (χ1v) is 7.79. The van der Waals surface area contributed by atoms with Crippen LogP contribution in [0.2, 0.25) is 0 Å². The predicted octanol–water partition coefficient (Wildman–Crippen LogP) is 2.35. The van der Waals surface area contributed by atoms with Crippen molar-refractivity contribution in [3.8, 4) is 0 Å². The molecule has 0 bridgehead atoms. The number of rotatable bonds is 5. The van der Waals surface area contributed by atoms with Gasteiger partial charge in [0.2, 0.25) is 5.91 Å². The quantitative estimate of drug-likeness (QED) is 0.722. The van der Waals surface area contributed by atoms with E-state index in [9.17, 15) is 9.59 Å². The van der Waals surface area contributed by atoms with Gasteiger partial charge < -0.3 is 9.32 Å². The molecule has 0 unspecified atom stereocenters. The topological polar surface area (TPSA) is 68.3 Å². The van der Waals surface area contributed by atoms with Gasteiger partial charge in [0.1, 0.15) is 11.6 Å². The number of nitrogens with zero attached hydrogens (tertiary/aromatic N) is 3. The van der Waals surface area contributed by atoms with E-state index in [1.807, 2.05) is 24.3 Å². The maximum Gasteiger partial charge on any atom is 0.261 e. The highest BCUT2D eigenvalue weighted by molar-refractivity contribution is 5.78. The van der Waals surface area contributed by atoms with Gasteiger partial charge in [-0.3, -0.25) is 14.2 Å². The van der Waals surface area contributed by atoms with Crippen molar-refractivity contribution in [2.75, 3.05) is 7.05 Å². The lowest BCUT2D eigenvalue weighted by atomic mass is 10.2. The molecule has 0 N–H and O–H groups in total. The third-order valence-electron chi connectivity index (χ3n) is 4.00. The summed E-state index contributed by atoms with van der Waals surface area (Å²) in [6.45, 7) is 2.50. The molecule has 0 aliphatic heterocycles. The van der Waals surface area contributed by atoms with Gasteiger partial charge in [-0.2, -0.15) is 0 Å². The number of hydrogen-bond acceptors (Lipinski definition) is 4. The van der Waals surface area contributed by atoms with Gasteiger partial charge in [0.15, 0.2) is 0 Å². The number of carbonyl (C=O) groups is 1. The third-order valence-corrected chi connectivity index (χ3v) is 4.00. The molecule has 0 aliphatic rings. The number of amides is 1. The molecule has 6 nitrogen and oxygen atoms in total. The molecule has 6 heteroatoms. The Bertz CT molecular complexity index is 913. The molecule has 1 amide bonds. The molecular weight excluding hydrogens is 306 g/mol. The van der Waals surface area contributed by atoms with Crippen LogP contribution in [0.25, 0.3) is 10.9 Å². The van der Waals surface area contributed by atoms with Gasteiger partial charge in [0.25, 0.3) is 5.56 Å². The molecule has 0 saturated heterocycles. The Morgan fingerprint density at radius 1 is 1.25 bits per heavy atom. The second-order valence-corrected chi connectivity index (χ2v) is 5.71. The zero-order chi connectivity index (χ0) is 17.1. The standard InChI is InChI=1S/C18H19N3O3/c1-13-19-16-8-4-3-7-15(16)18(23)21(13)10-9-17(22)20(2)12-14-6-5-11-24-14/h3-8,11H,9-10,12H2,1-2H3. The first-order valence-electron chi connectivity index (χ1n) is 7.79. The monoisotopic (exact) mass is 325 g/mol. The number of aromatic nitrogens is 2. The van der Waals surface area contributed by atoms with E-state index in [1.54, 1.807) is 41.8 Å². The maximum atomic E-state index is 12.6. The Balaban J connectivity index is 1.73. The van der Waals surface area contributed by atoms with Gasteiger partial charge in [-0.25, -0.2) is 4.98 Å². The minimum Gasteiger partial charge on any atom is -0.467 e. The van der Waals surface area contributed by atoms with Crippen molar-refractivity contribution < 1.29 is 9.21 Å². The van der Waals surface area contributed by atoms with Gasteiger partial charge in [-0.05, 0) is 31.2 Å². The van der Waals surface area contributed by atoms with Crippen molar-refractivity contribution in [3.05, 3.63) is 64.6 Å². The fraction of sp³-hybridized carbons (Fsp3) is 0.278. The van der Waals surface area contributed by atoms with E-state index in [-0.39, 0.29) is 17.9 Å². The summed E-state index contributed by atoms with van der Waals surface area (Å²) in [6.07, 6.45) is 1.81. The van der Waals surface area contributed by atoms with Crippen LogP contribution in [-0.4, -0.2) is 27.4 Å². The first-order chi connectivity index (χ1) is 11.6. The highest BCUT2D eigenvalue weighted by Gasteiger charge is 2.13. The predicted molar refractivity (Wildman–Crippen MR) is 90.5 cm³/mol. The van der Waals surface area contributed by atoms with Crippen LogP contribution in [0.1, 0.15) is 18.0 Å². The molecule has 3 aromatic rings. The number of fused-ring (bicyclic) bond motifs is 1. The van der Waals surface area contributed by atoms with E-state index in [0.29, 0.717) is 29.8 Å². The minimum absolute atomic E-state index is 0.0501. The molecule has 0 atom stereocenters. The van der Waals surface area contributed by atoms with Crippen LogP contribution < -0.4 is 5.56 Å². The minimum atomic E-state index is -0.111. The molecule has 2 heterocycles. The highest BCUT2D eigenvalue weighted by Crippen LogP contribution is 2.09. The summed E-state index contributed by atoms with van der Waals surface area (Å²) < 4.78 is 6.80. The zero-order valence-corrected chi connectivity index (χ0v) is 13.7. The zero-order valence-electron chi connectivity index (χ0n) is 13.7.